The normalized spacial score (nSPS) is 23.3. The Balaban J connectivity index is 2.72. The Labute approximate surface area is 235 Å². The van der Waals surface area contributed by atoms with E-state index in [-0.39, 0.29) is 24.7 Å². The fraction of sp³-hybridized carbons (Fsp3) is 0.800. The number of nitrogens with zero attached hydrogens (tertiary/aromatic N) is 2. The maximum atomic E-state index is 9.92. The SMILES string of the molecule is CC(C)[Si](O[C@@H]1[C@@H](CC#N)O[C@@H](c2ccncc2N)C[C@H]1O[Si](C(C)C)(C(C)C)C(C)C)(C(C)C)C(C)C. The van der Waals surface area contributed by atoms with Crippen LogP contribution in [0.4, 0.5) is 5.69 Å². The topological polar surface area (TPSA) is 90.4 Å². The van der Waals surface area contributed by atoms with Gasteiger partial charge < -0.3 is 19.3 Å². The average molecular weight is 562 g/mol. The van der Waals surface area contributed by atoms with Crippen molar-refractivity contribution in [2.24, 2.45) is 0 Å². The number of ether oxygens (including phenoxy) is 1. The van der Waals surface area contributed by atoms with Crippen LogP contribution in [-0.2, 0) is 13.6 Å². The second-order valence-corrected chi connectivity index (χ2v) is 24.0. The Morgan fingerprint density at radius 2 is 1.37 bits per heavy atom. The summed E-state index contributed by atoms with van der Waals surface area (Å²) in [5.41, 5.74) is 10.5. The van der Waals surface area contributed by atoms with Crippen molar-refractivity contribution in [1.82, 2.24) is 4.98 Å². The van der Waals surface area contributed by atoms with Gasteiger partial charge in [0.2, 0.25) is 16.6 Å². The van der Waals surface area contributed by atoms with Gasteiger partial charge in [0.25, 0.3) is 0 Å². The van der Waals surface area contributed by atoms with Gasteiger partial charge in [-0.05, 0) is 39.3 Å². The summed E-state index contributed by atoms with van der Waals surface area (Å²) >= 11 is 0. The van der Waals surface area contributed by atoms with Crippen LogP contribution in [0.5, 0.6) is 0 Å². The van der Waals surface area contributed by atoms with Crippen LogP contribution in [0.2, 0.25) is 33.2 Å². The van der Waals surface area contributed by atoms with Crippen LogP contribution in [0.25, 0.3) is 0 Å². The third-order valence-electron chi connectivity index (χ3n) is 9.15. The third kappa shape index (κ3) is 6.38. The van der Waals surface area contributed by atoms with Crippen molar-refractivity contribution >= 4 is 22.3 Å². The lowest BCUT2D eigenvalue weighted by atomic mass is 9.92. The largest absolute Gasteiger partial charge is 0.410 e. The molecule has 0 amide bonds. The summed E-state index contributed by atoms with van der Waals surface area (Å²) in [7, 11) is -4.54. The van der Waals surface area contributed by atoms with Crippen LogP contribution in [0.15, 0.2) is 18.5 Å². The smallest absolute Gasteiger partial charge is 0.201 e. The van der Waals surface area contributed by atoms with Crippen LogP contribution in [0, 0.1) is 11.3 Å². The van der Waals surface area contributed by atoms with E-state index in [1.54, 1.807) is 12.4 Å². The van der Waals surface area contributed by atoms with Crippen molar-refractivity contribution in [3.63, 3.8) is 0 Å². The summed E-state index contributed by atoms with van der Waals surface area (Å²) in [6.45, 7) is 27.8. The van der Waals surface area contributed by atoms with Crippen LogP contribution < -0.4 is 5.73 Å². The lowest BCUT2D eigenvalue weighted by Gasteiger charge is -2.53. The van der Waals surface area contributed by atoms with E-state index in [2.05, 4.69) is 94.1 Å². The molecule has 1 saturated heterocycles. The maximum Gasteiger partial charge on any atom is 0.201 e. The number of hydrogen-bond donors (Lipinski definition) is 1. The van der Waals surface area contributed by atoms with Gasteiger partial charge in [-0.1, -0.05) is 83.1 Å². The summed E-state index contributed by atoms with van der Waals surface area (Å²) in [6, 6.07) is 4.34. The molecule has 1 aliphatic rings. The van der Waals surface area contributed by atoms with Gasteiger partial charge >= 0.3 is 0 Å². The van der Waals surface area contributed by atoms with E-state index in [9.17, 15) is 5.26 Å². The third-order valence-corrected chi connectivity index (χ3v) is 21.4. The molecule has 1 fully saturated rings. The highest BCUT2D eigenvalue weighted by Crippen LogP contribution is 2.50. The van der Waals surface area contributed by atoms with E-state index >= 15 is 0 Å². The van der Waals surface area contributed by atoms with E-state index in [4.69, 9.17) is 19.3 Å². The summed E-state index contributed by atoms with van der Waals surface area (Å²) in [5, 5.41) is 9.92. The Hall–Kier alpha value is -1.25. The van der Waals surface area contributed by atoms with Gasteiger partial charge in [0, 0.05) is 18.2 Å². The first-order valence-corrected chi connectivity index (χ1v) is 19.0. The van der Waals surface area contributed by atoms with Gasteiger partial charge in [-0.25, -0.2) is 0 Å². The summed E-state index contributed by atoms with van der Waals surface area (Å²) in [6.07, 6.45) is 3.21. The minimum atomic E-state index is -2.29. The molecule has 8 heteroatoms. The monoisotopic (exact) mass is 561 g/mol. The van der Waals surface area contributed by atoms with Gasteiger partial charge in [-0.2, -0.15) is 5.26 Å². The molecule has 2 rings (SSSR count). The number of nitrogens with two attached hydrogens (primary N) is 1. The molecular weight excluding hydrogens is 507 g/mol. The van der Waals surface area contributed by atoms with Crippen molar-refractivity contribution in [3.8, 4) is 6.07 Å². The summed E-state index contributed by atoms with van der Waals surface area (Å²) in [5.74, 6) is 0. The molecule has 4 atom stereocenters. The number of hydrogen-bond acceptors (Lipinski definition) is 6. The number of pyridine rings is 1. The number of nitriles is 1. The molecule has 0 aromatic carbocycles. The van der Waals surface area contributed by atoms with Gasteiger partial charge in [0.05, 0.1) is 48.8 Å². The van der Waals surface area contributed by atoms with Crippen molar-refractivity contribution in [1.29, 1.82) is 5.26 Å². The number of nitrogen functional groups attached to an aromatic ring is 1. The molecule has 1 aromatic heterocycles. The lowest BCUT2D eigenvalue weighted by Crippen LogP contribution is -2.61. The van der Waals surface area contributed by atoms with Crippen molar-refractivity contribution in [2.45, 2.75) is 154 Å². The maximum absolute atomic E-state index is 9.92. The lowest BCUT2D eigenvalue weighted by molar-refractivity contribution is -0.160. The minimum Gasteiger partial charge on any atom is -0.410 e. The molecule has 1 aliphatic heterocycles. The number of anilines is 1. The second-order valence-electron chi connectivity index (χ2n) is 13.1. The zero-order chi connectivity index (χ0) is 29.0. The van der Waals surface area contributed by atoms with Crippen LogP contribution in [0.1, 0.15) is 108 Å². The fourth-order valence-electron chi connectivity index (χ4n) is 7.68. The van der Waals surface area contributed by atoms with Gasteiger partial charge in [-0.3, -0.25) is 4.98 Å². The summed E-state index contributed by atoms with van der Waals surface area (Å²) < 4.78 is 21.7. The molecule has 0 saturated carbocycles. The highest BCUT2D eigenvalue weighted by molar-refractivity contribution is 6.78. The van der Waals surface area contributed by atoms with Gasteiger partial charge in [-0.15, -0.1) is 0 Å². The quantitative estimate of drug-likeness (QED) is 0.257. The first-order chi connectivity index (χ1) is 17.7. The zero-order valence-corrected chi connectivity index (χ0v) is 28.1. The molecule has 6 nitrogen and oxygen atoms in total. The van der Waals surface area contributed by atoms with E-state index < -0.39 is 22.7 Å². The minimum absolute atomic E-state index is 0.179. The van der Waals surface area contributed by atoms with E-state index in [1.807, 2.05) is 6.07 Å². The molecule has 0 bridgehead atoms. The summed E-state index contributed by atoms with van der Waals surface area (Å²) in [4.78, 5) is 4.19. The highest BCUT2D eigenvalue weighted by Gasteiger charge is 2.54. The fourth-order valence-corrected chi connectivity index (χ4v) is 18.8. The molecule has 1 aromatic rings. The Kier molecular flexibility index (Phi) is 11.6. The molecule has 38 heavy (non-hydrogen) atoms. The Morgan fingerprint density at radius 3 is 1.79 bits per heavy atom. The van der Waals surface area contributed by atoms with Gasteiger partial charge in [0.1, 0.15) is 0 Å². The Morgan fingerprint density at radius 1 is 0.895 bits per heavy atom. The molecule has 0 aliphatic carbocycles. The van der Waals surface area contributed by atoms with E-state index in [1.165, 1.54) is 0 Å². The van der Waals surface area contributed by atoms with Crippen molar-refractivity contribution in [3.05, 3.63) is 24.0 Å². The van der Waals surface area contributed by atoms with Crippen LogP contribution >= 0.6 is 0 Å². The highest BCUT2D eigenvalue weighted by atomic mass is 28.4. The van der Waals surface area contributed by atoms with E-state index in [0.717, 1.165) is 5.56 Å². The number of aromatic nitrogens is 1. The molecule has 216 valence electrons. The first kappa shape index (κ1) is 33.0. The standard InChI is InChI=1S/C30H55N3O3Si2/c1-19(2)37(20(3)4,21(5)6)35-29-17-28(25-14-16-33-18-26(25)32)34-27(13-15-31)30(29)36-38(22(7)8,23(9)10)24(11)12/h14,16,18-24,27-30H,13,17,32H2,1-12H3/t27-,28-,29-,30-/m1/s1. The first-order valence-electron chi connectivity index (χ1n) is 14.7. The second kappa shape index (κ2) is 13.4. The van der Waals surface area contributed by atoms with Crippen LogP contribution in [0.3, 0.4) is 0 Å². The van der Waals surface area contributed by atoms with Gasteiger partial charge in [0.15, 0.2) is 0 Å². The zero-order valence-electron chi connectivity index (χ0n) is 26.1. The number of rotatable bonds is 12. The molecular formula is C30H55N3O3Si2. The average Bonchev–Trinajstić information content (AvgIpc) is 2.80. The van der Waals surface area contributed by atoms with Crippen LogP contribution in [-0.4, -0.2) is 39.9 Å². The Bertz CT molecular complexity index is 886. The molecule has 0 radical (unpaired) electrons. The molecule has 2 N–H and O–H groups in total. The molecule has 0 spiro atoms. The molecule has 2 heterocycles. The predicted octanol–water partition coefficient (Wildman–Crippen LogP) is 8.53. The predicted molar refractivity (Wildman–Crippen MR) is 163 cm³/mol. The molecule has 0 unspecified atom stereocenters. The van der Waals surface area contributed by atoms with E-state index in [0.29, 0.717) is 45.4 Å². The van der Waals surface area contributed by atoms with Crippen molar-refractivity contribution in [2.75, 3.05) is 5.73 Å². The van der Waals surface area contributed by atoms with Crippen molar-refractivity contribution < 1.29 is 13.6 Å².